The van der Waals surface area contributed by atoms with Gasteiger partial charge < -0.3 is 5.11 Å². The molecule has 0 unspecified atom stereocenters. The molecule has 1 saturated heterocycles. The molecular formula is C14H12BrNO2S2. The molecule has 1 N–H and O–H groups in total. The maximum Gasteiger partial charge on any atom is 0.266 e. The van der Waals surface area contributed by atoms with E-state index >= 15 is 0 Å². The van der Waals surface area contributed by atoms with E-state index in [-0.39, 0.29) is 11.7 Å². The van der Waals surface area contributed by atoms with Crippen molar-refractivity contribution in [1.82, 2.24) is 4.90 Å². The molecule has 0 saturated carbocycles. The minimum atomic E-state index is -0.0957. The number of amides is 1. The van der Waals surface area contributed by atoms with Crippen LogP contribution < -0.4 is 0 Å². The Morgan fingerprint density at radius 3 is 2.90 bits per heavy atom. The predicted molar refractivity (Wildman–Crippen MR) is 90.5 cm³/mol. The number of phenolic OH excluding ortho intramolecular Hbond substituents is 1. The lowest BCUT2D eigenvalue weighted by Crippen LogP contribution is -2.28. The average molecular weight is 370 g/mol. The molecule has 0 radical (unpaired) electrons. The quantitative estimate of drug-likeness (QED) is 0.497. The van der Waals surface area contributed by atoms with E-state index in [1.54, 1.807) is 24.3 Å². The Morgan fingerprint density at radius 2 is 2.30 bits per heavy atom. The lowest BCUT2D eigenvalue weighted by molar-refractivity contribution is -0.121. The molecule has 0 aliphatic carbocycles. The van der Waals surface area contributed by atoms with Crippen LogP contribution in [0.2, 0.25) is 0 Å². The Kier molecular flexibility index (Phi) is 4.67. The Labute approximate surface area is 135 Å². The van der Waals surface area contributed by atoms with Gasteiger partial charge in [-0.25, -0.2) is 0 Å². The third-order valence-corrected chi connectivity index (χ3v) is 5.07. The first-order valence-corrected chi connectivity index (χ1v) is 7.81. The SMILES string of the molecule is C=CCN1C(=O)C(=C(C)c2ccc(O)c(Br)c2)SC1=S. The monoisotopic (exact) mass is 369 g/mol. The van der Waals surface area contributed by atoms with Crippen LogP contribution in [0.25, 0.3) is 5.57 Å². The number of aromatic hydroxyl groups is 1. The fraction of sp³-hybridized carbons (Fsp3) is 0.143. The van der Waals surface area contributed by atoms with Gasteiger partial charge in [-0.15, -0.1) is 6.58 Å². The second-order valence-corrected chi connectivity index (χ2v) is 6.69. The van der Waals surface area contributed by atoms with Gasteiger partial charge in [-0.2, -0.15) is 0 Å². The van der Waals surface area contributed by atoms with Crippen LogP contribution in [0.15, 0.2) is 40.2 Å². The normalized spacial score (nSPS) is 17.6. The number of rotatable bonds is 3. The number of phenols is 1. The molecular weight excluding hydrogens is 358 g/mol. The summed E-state index contributed by atoms with van der Waals surface area (Å²) < 4.78 is 1.14. The zero-order chi connectivity index (χ0) is 14.9. The second-order valence-electron chi connectivity index (χ2n) is 4.19. The number of allylic oxidation sites excluding steroid dienone is 1. The fourth-order valence-corrected chi connectivity index (χ4v) is 3.48. The summed E-state index contributed by atoms with van der Waals surface area (Å²) >= 11 is 9.78. The minimum Gasteiger partial charge on any atom is -0.507 e. The number of halogens is 1. The molecule has 104 valence electrons. The van der Waals surface area contributed by atoms with Gasteiger partial charge >= 0.3 is 0 Å². The summed E-state index contributed by atoms with van der Waals surface area (Å²) in [5.74, 6) is 0.0716. The molecule has 0 aromatic heterocycles. The number of nitrogens with zero attached hydrogens (tertiary/aromatic N) is 1. The van der Waals surface area contributed by atoms with Gasteiger partial charge in [0.2, 0.25) is 0 Å². The van der Waals surface area contributed by atoms with Crippen molar-refractivity contribution in [3.8, 4) is 5.75 Å². The van der Waals surface area contributed by atoms with Crippen molar-refractivity contribution < 1.29 is 9.90 Å². The van der Waals surface area contributed by atoms with E-state index in [0.717, 1.165) is 11.1 Å². The standard InChI is InChI=1S/C14H12BrNO2S2/c1-3-6-16-13(18)12(20-14(16)19)8(2)9-4-5-11(17)10(15)7-9/h3-5,7,17H,1,6H2,2H3. The molecule has 0 bridgehead atoms. The number of thiocarbonyl (C=S) groups is 1. The molecule has 6 heteroatoms. The number of benzene rings is 1. The van der Waals surface area contributed by atoms with Gasteiger partial charge in [0.1, 0.15) is 10.1 Å². The van der Waals surface area contributed by atoms with Gasteiger partial charge in [-0.1, -0.05) is 36.1 Å². The molecule has 1 heterocycles. The summed E-state index contributed by atoms with van der Waals surface area (Å²) in [7, 11) is 0. The zero-order valence-electron chi connectivity index (χ0n) is 10.7. The first kappa shape index (κ1) is 15.3. The third-order valence-electron chi connectivity index (χ3n) is 2.88. The Hall–Kier alpha value is -1.11. The summed E-state index contributed by atoms with van der Waals surface area (Å²) in [6.45, 7) is 5.92. The molecule has 1 aliphatic rings. The molecule has 0 spiro atoms. The molecule has 1 aromatic carbocycles. The molecule has 0 atom stereocenters. The van der Waals surface area contributed by atoms with Crippen molar-refractivity contribution in [2.24, 2.45) is 0 Å². The average Bonchev–Trinajstić information content (AvgIpc) is 2.69. The molecule has 3 nitrogen and oxygen atoms in total. The molecule has 1 aromatic rings. The van der Waals surface area contributed by atoms with Crippen LogP contribution in [0.5, 0.6) is 5.75 Å². The summed E-state index contributed by atoms with van der Waals surface area (Å²) in [4.78, 5) is 14.5. The summed E-state index contributed by atoms with van der Waals surface area (Å²) in [6.07, 6.45) is 1.65. The molecule has 1 fully saturated rings. The van der Waals surface area contributed by atoms with E-state index in [4.69, 9.17) is 12.2 Å². The van der Waals surface area contributed by atoms with Crippen LogP contribution in [0.4, 0.5) is 0 Å². The minimum absolute atomic E-state index is 0.0957. The van der Waals surface area contributed by atoms with Crippen LogP contribution in [0.3, 0.4) is 0 Å². The van der Waals surface area contributed by atoms with Gasteiger partial charge in [0, 0.05) is 6.54 Å². The highest BCUT2D eigenvalue weighted by Gasteiger charge is 2.32. The van der Waals surface area contributed by atoms with Gasteiger partial charge in [0.15, 0.2) is 0 Å². The van der Waals surface area contributed by atoms with Crippen molar-refractivity contribution >= 4 is 55.7 Å². The van der Waals surface area contributed by atoms with E-state index < -0.39 is 0 Å². The number of hydrogen-bond acceptors (Lipinski definition) is 4. The lowest BCUT2D eigenvalue weighted by Gasteiger charge is -2.11. The maximum absolute atomic E-state index is 12.3. The third kappa shape index (κ3) is 2.82. The van der Waals surface area contributed by atoms with Gasteiger partial charge in [-0.3, -0.25) is 9.69 Å². The molecule has 1 amide bonds. The Balaban J connectivity index is 2.42. The van der Waals surface area contributed by atoms with Crippen molar-refractivity contribution in [3.63, 3.8) is 0 Å². The first-order valence-electron chi connectivity index (χ1n) is 5.80. The van der Waals surface area contributed by atoms with Crippen LogP contribution >= 0.6 is 39.9 Å². The zero-order valence-corrected chi connectivity index (χ0v) is 13.9. The van der Waals surface area contributed by atoms with Gasteiger partial charge in [0.25, 0.3) is 5.91 Å². The highest BCUT2D eigenvalue weighted by molar-refractivity contribution is 9.10. The predicted octanol–water partition coefficient (Wildman–Crippen LogP) is 3.93. The van der Waals surface area contributed by atoms with Gasteiger partial charge in [-0.05, 0) is 46.1 Å². The lowest BCUT2D eigenvalue weighted by atomic mass is 10.1. The smallest absolute Gasteiger partial charge is 0.266 e. The Morgan fingerprint density at radius 1 is 1.60 bits per heavy atom. The number of carbonyl (C=O) groups is 1. The Bertz CT molecular complexity index is 640. The van der Waals surface area contributed by atoms with Crippen molar-refractivity contribution in [1.29, 1.82) is 0 Å². The van der Waals surface area contributed by atoms with Crippen molar-refractivity contribution in [2.45, 2.75) is 6.92 Å². The first-order chi connectivity index (χ1) is 9.45. The van der Waals surface area contributed by atoms with Crippen LogP contribution in [0, 0.1) is 0 Å². The largest absolute Gasteiger partial charge is 0.507 e. The fourth-order valence-electron chi connectivity index (χ4n) is 1.79. The molecule has 1 aliphatic heterocycles. The number of thioether (sulfide) groups is 1. The van der Waals surface area contributed by atoms with E-state index in [9.17, 15) is 9.90 Å². The molecule has 20 heavy (non-hydrogen) atoms. The van der Waals surface area contributed by atoms with E-state index in [0.29, 0.717) is 20.2 Å². The number of carbonyl (C=O) groups excluding carboxylic acids is 1. The van der Waals surface area contributed by atoms with Crippen LogP contribution in [0.1, 0.15) is 12.5 Å². The summed E-state index contributed by atoms with van der Waals surface area (Å²) in [6, 6.07) is 5.15. The second kappa shape index (κ2) is 6.11. The molecule has 2 rings (SSSR count). The van der Waals surface area contributed by atoms with E-state index in [1.165, 1.54) is 16.7 Å². The highest BCUT2D eigenvalue weighted by atomic mass is 79.9. The summed E-state index contributed by atoms with van der Waals surface area (Å²) in [5, 5.41) is 9.52. The number of hydrogen-bond donors (Lipinski definition) is 1. The van der Waals surface area contributed by atoms with Crippen molar-refractivity contribution in [2.75, 3.05) is 6.54 Å². The van der Waals surface area contributed by atoms with Crippen LogP contribution in [-0.2, 0) is 4.79 Å². The maximum atomic E-state index is 12.3. The van der Waals surface area contributed by atoms with Gasteiger partial charge in [0.05, 0.1) is 9.38 Å². The van der Waals surface area contributed by atoms with E-state index in [1.807, 2.05) is 6.92 Å². The van der Waals surface area contributed by atoms with Crippen molar-refractivity contribution in [3.05, 3.63) is 45.8 Å². The van der Waals surface area contributed by atoms with Crippen LogP contribution in [-0.4, -0.2) is 26.8 Å². The summed E-state index contributed by atoms with van der Waals surface area (Å²) in [5.41, 5.74) is 1.71. The highest BCUT2D eigenvalue weighted by Crippen LogP contribution is 2.37. The topological polar surface area (TPSA) is 40.5 Å². The van der Waals surface area contributed by atoms with E-state index in [2.05, 4.69) is 22.5 Å².